The molecule has 0 bridgehead atoms. The highest BCUT2D eigenvalue weighted by atomic mass is 32.2. The van der Waals surface area contributed by atoms with E-state index in [9.17, 15) is 18.0 Å². The summed E-state index contributed by atoms with van der Waals surface area (Å²) < 4.78 is 32.8. The van der Waals surface area contributed by atoms with Gasteiger partial charge in [-0.1, -0.05) is 23.8 Å². The lowest BCUT2D eigenvalue weighted by molar-refractivity contribution is -0.122. The Morgan fingerprint density at radius 2 is 1.65 bits per heavy atom. The first-order valence-corrected chi connectivity index (χ1v) is 12.6. The standard InChI is InChI=1S/C24H32N4O5S/c1-17-5-8-20(9-6-17)25-23(29)16-27(4)19(3)24(30)26-21-10-7-18(2)22(15-21)34(31,32)28-11-13-33-14-12-28/h5-10,15,19H,11-14,16H2,1-4H3,(H,25,29)(H,26,30). The Kier molecular flexibility index (Phi) is 8.42. The maximum absolute atomic E-state index is 13.1. The van der Waals surface area contributed by atoms with E-state index >= 15 is 0 Å². The van der Waals surface area contributed by atoms with Crippen LogP contribution in [0.4, 0.5) is 11.4 Å². The Balaban J connectivity index is 1.63. The van der Waals surface area contributed by atoms with Crippen LogP contribution in [0.25, 0.3) is 0 Å². The van der Waals surface area contributed by atoms with Crippen molar-refractivity contribution in [1.29, 1.82) is 0 Å². The number of ether oxygens (including phenoxy) is 1. The maximum atomic E-state index is 13.1. The summed E-state index contributed by atoms with van der Waals surface area (Å²) in [6, 6.07) is 11.7. The second kappa shape index (κ2) is 11.1. The van der Waals surface area contributed by atoms with Crippen molar-refractivity contribution in [3.63, 3.8) is 0 Å². The summed E-state index contributed by atoms with van der Waals surface area (Å²) in [6.07, 6.45) is 0. The van der Waals surface area contributed by atoms with Gasteiger partial charge in [0.25, 0.3) is 0 Å². The topological polar surface area (TPSA) is 108 Å². The molecule has 9 nitrogen and oxygen atoms in total. The Hall–Kier alpha value is -2.79. The zero-order valence-electron chi connectivity index (χ0n) is 20.0. The van der Waals surface area contributed by atoms with E-state index in [4.69, 9.17) is 4.74 Å². The lowest BCUT2D eigenvalue weighted by atomic mass is 10.2. The molecule has 34 heavy (non-hydrogen) atoms. The van der Waals surface area contributed by atoms with Crippen molar-refractivity contribution in [2.45, 2.75) is 31.7 Å². The number of sulfonamides is 1. The summed E-state index contributed by atoms with van der Waals surface area (Å²) in [5.74, 6) is -0.579. The van der Waals surface area contributed by atoms with Crippen LogP contribution < -0.4 is 10.6 Å². The van der Waals surface area contributed by atoms with Gasteiger partial charge in [-0.3, -0.25) is 14.5 Å². The van der Waals surface area contributed by atoms with Crippen LogP contribution in [-0.2, 0) is 24.3 Å². The number of hydrogen-bond acceptors (Lipinski definition) is 6. The highest BCUT2D eigenvalue weighted by molar-refractivity contribution is 7.89. The molecule has 3 rings (SSSR count). The molecule has 1 unspecified atom stereocenters. The zero-order valence-corrected chi connectivity index (χ0v) is 20.8. The van der Waals surface area contributed by atoms with Gasteiger partial charge in [-0.15, -0.1) is 0 Å². The van der Waals surface area contributed by atoms with Crippen LogP contribution in [0.15, 0.2) is 47.4 Å². The molecule has 2 N–H and O–H groups in total. The Labute approximate surface area is 201 Å². The van der Waals surface area contributed by atoms with Crippen molar-refractivity contribution in [3.8, 4) is 0 Å². The second-order valence-electron chi connectivity index (χ2n) is 8.49. The molecule has 2 aromatic rings. The van der Waals surface area contributed by atoms with E-state index in [1.807, 2.05) is 31.2 Å². The monoisotopic (exact) mass is 488 g/mol. The van der Waals surface area contributed by atoms with Gasteiger partial charge in [-0.05, 0) is 57.6 Å². The number of carbonyl (C=O) groups is 2. The SMILES string of the molecule is Cc1ccc(NC(=O)CN(C)C(C)C(=O)Nc2ccc(C)c(S(=O)(=O)N3CCOCC3)c2)cc1. The average molecular weight is 489 g/mol. The smallest absolute Gasteiger partial charge is 0.243 e. The van der Waals surface area contributed by atoms with Gasteiger partial charge in [0.05, 0.1) is 30.7 Å². The number of likely N-dealkylation sites (N-methyl/N-ethyl adjacent to an activating group) is 1. The van der Waals surface area contributed by atoms with Crippen LogP contribution in [0, 0.1) is 13.8 Å². The quantitative estimate of drug-likeness (QED) is 0.590. The fourth-order valence-corrected chi connectivity index (χ4v) is 5.19. The van der Waals surface area contributed by atoms with Crippen LogP contribution in [-0.4, -0.2) is 75.4 Å². The highest BCUT2D eigenvalue weighted by Crippen LogP contribution is 2.24. The van der Waals surface area contributed by atoms with E-state index in [2.05, 4.69) is 10.6 Å². The molecule has 0 radical (unpaired) electrons. The molecule has 1 aliphatic rings. The number of carbonyl (C=O) groups excluding carboxylic acids is 2. The van der Waals surface area contributed by atoms with Gasteiger partial charge < -0.3 is 15.4 Å². The van der Waals surface area contributed by atoms with Gasteiger partial charge in [0.15, 0.2) is 0 Å². The van der Waals surface area contributed by atoms with Crippen LogP contribution in [0.2, 0.25) is 0 Å². The fourth-order valence-electron chi connectivity index (χ4n) is 3.53. The molecular weight excluding hydrogens is 456 g/mol. The van der Waals surface area contributed by atoms with Gasteiger partial charge in [0.2, 0.25) is 21.8 Å². The number of anilines is 2. The Morgan fingerprint density at radius 1 is 1.03 bits per heavy atom. The Bertz CT molecular complexity index is 1130. The van der Waals surface area contributed by atoms with Gasteiger partial charge in [-0.25, -0.2) is 8.42 Å². The molecule has 1 atom stereocenters. The number of morpholine rings is 1. The van der Waals surface area contributed by atoms with E-state index in [0.717, 1.165) is 5.56 Å². The van der Waals surface area contributed by atoms with Crippen molar-refractivity contribution in [2.75, 3.05) is 50.5 Å². The van der Waals surface area contributed by atoms with E-state index < -0.39 is 16.1 Å². The van der Waals surface area contributed by atoms with Gasteiger partial charge in [-0.2, -0.15) is 4.31 Å². The predicted octanol–water partition coefficient (Wildman–Crippen LogP) is 2.22. The summed E-state index contributed by atoms with van der Waals surface area (Å²) in [5.41, 5.74) is 2.77. The van der Waals surface area contributed by atoms with Gasteiger partial charge in [0.1, 0.15) is 0 Å². The first-order valence-electron chi connectivity index (χ1n) is 11.1. The van der Waals surface area contributed by atoms with Crippen LogP contribution in [0.3, 0.4) is 0 Å². The normalized spacial score (nSPS) is 15.7. The molecule has 10 heteroatoms. The number of hydrogen-bond donors (Lipinski definition) is 2. The van der Waals surface area contributed by atoms with Crippen LogP contribution in [0.5, 0.6) is 0 Å². The number of rotatable bonds is 8. The van der Waals surface area contributed by atoms with Gasteiger partial charge in [0, 0.05) is 24.5 Å². The number of nitrogens with zero attached hydrogens (tertiary/aromatic N) is 2. The zero-order chi connectivity index (χ0) is 24.9. The molecule has 2 aromatic carbocycles. The third-order valence-electron chi connectivity index (χ3n) is 5.81. The van der Waals surface area contributed by atoms with Crippen molar-refractivity contribution in [2.24, 2.45) is 0 Å². The summed E-state index contributed by atoms with van der Waals surface area (Å²) >= 11 is 0. The average Bonchev–Trinajstić information content (AvgIpc) is 2.81. The third kappa shape index (κ3) is 6.41. The fraction of sp³-hybridized carbons (Fsp3) is 0.417. The van der Waals surface area contributed by atoms with Crippen LogP contribution >= 0.6 is 0 Å². The lowest BCUT2D eigenvalue weighted by Gasteiger charge is -2.27. The highest BCUT2D eigenvalue weighted by Gasteiger charge is 2.28. The number of amides is 2. The Morgan fingerprint density at radius 3 is 2.29 bits per heavy atom. The van der Waals surface area contributed by atoms with E-state index in [1.165, 1.54) is 10.4 Å². The molecule has 0 spiro atoms. The molecule has 1 aliphatic heterocycles. The summed E-state index contributed by atoms with van der Waals surface area (Å²) in [4.78, 5) is 27.0. The predicted molar refractivity (Wildman–Crippen MR) is 131 cm³/mol. The van der Waals surface area contributed by atoms with Gasteiger partial charge >= 0.3 is 0 Å². The molecule has 0 aromatic heterocycles. The number of aryl methyl sites for hydroxylation is 2. The third-order valence-corrected chi connectivity index (χ3v) is 7.85. The second-order valence-corrected chi connectivity index (χ2v) is 10.4. The van der Waals surface area contributed by atoms with Crippen LogP contribution in [0.1, 0.15) is 18.1 Å². The molecule has 1 heterocycles. The van der Waals surface area contributed by atoms with Crippen molar-refractivity contribution in [1.82, 2.24) is 9.21 Å². The molecule has 1 fully saturated rings. The molecule has 1 saturated heterocycles. The molecule has 0 aliphatic carbocycles. The lowest BCUT2D eigenvalue weighted by Crippen LogP contribution is -2.43. The largest absolute Gasteiger partial charge is 0.379 e. The number of benzene rings is 2. The van der Waals surface area contributed by atoms with Crippen molar-refractivity contribution in [3.05, 3.63) is 53.6 Å². The molecule has 0 saturated carbocycles. The van der Waals surface area contributed by atoms with E-state index in [1.54, 1.807) is 37.9 Å². The number of nitrogens with one attached hydrogen (secondary N) is 2. The molecular formula is C24H32N4O5S. The molecule has 184 valence electrons. The first-order chi connectivity index (χ1) is 16.1. The minimum Gasteiger partial charge on any atom is -0.379 e. The van der Waals surface area contributed by atoms with Crippen molar-refractivity contribution >= 4 is 33.2 Å². The molecule has 2 amide bonds. The van der Waals surface area contributed by atoms with E-state index in [0.29, 0.717) is 43.2 Å². The minimum absolute atomic E-state index is 0.0209. The minimum atomic E-state index is -3.70. The maximum Gasteiger partial charge on any atom is 0.243 e. The summed E-state index contributed by atoms with van der Waals surface area (Å²) in [7, 11) is -2.01. The summed E-state index contributed by atoms with van der Waals surface area (Å²) in [5, 5.41) is 5.59. The van der Waals surface area contributed by atoms with E-state index in [-0.39, 0.29) is 23.3 Å². The first kappa shape index (κ1) is 25.8. The van der Waals surface area contributed by atoms with Crippen molar-refractivity contribution < 1.29 is 22.7 Å². The summed E-state index contributed by atoms with van der Waals surface area (Å²) in [6.45, 7) is 6.71.